The maximum Gasteiger partial charge on any atom is 0.256 e. The van der Waals surface area contributed by atoms with E-state index in [1.54, 1.807) is 35.0 Å². The van der Waals surface area contributed by atoms with Gasteiger partial charge in [-0.3, -0.25) is 4.79 Å². The zero-order chi connectivity index (χ0) is 19.7. The number of amides is 1. The fourth-order valence-corrected chi connectivity index (χ4v) is 5.09. The second-order valence-corrected chi connectivity index (χ2v) is 9.41. The molecule has 4 rings (SSSR count). The topological polar surface area (TPSA) is 81.1 Å². The second-order valence-electron chi connectivity index (χ2n) is 6.74. The maximum atomic E-state index is 12.7. The number of anilines is 1. The van der Waals surface area contributed by atoms with Gasteiger partial charge in [0.2, 0.25) is 0 Å². The molecule has 2 heterocycles. The average Bonchev–Trinajstić information content (AvgIpc) is 3.26. The number of aromatic nitrogens is 2. The molecule has 0 saturated carbocycles. The summed E-state index contributed by atoms with van der Waals surface area (Å²) < 4.78 is 25.5. The smallest absolute Gasteiger partial charge is 0.256 e. The molecular formula is C20H18ClN3O3S. The number of rotatable bonds is 4. The molecule has 0 spiro atoms. The molecule has 1 aliphatic heterocycles. The van der Waals surface area contributed by atoms with Gasteiger partial charge in [-0.05, 0) is 30.7 Å². The lowest BCUT2D eigenvalue weighted by Gasteiger charge is -2.13. The molecule has 1 saturated heterocycles. The molecule has 3 aromatic rings. The molecule has 0 radical (unpaired) electrons. The molecule has 0 bridgehead atoms. The van der Waals surface area contributed by atoms with Crippen LogP contribution in [0.4, 0.5) is 5.82 Å². The van der Waals surface area contributed by atoms with Crippen molar-refractivity contribution in [1.82, 2.24) is 9.78 Å². The summed E-state index contributed by atoms with van der Waals surface area (Å²) in [5.41, 5.74) is 2.03. The van der Waals surface area contributed by atoms with Crippen molar-refractivity contribution in [2.24, 2.45) is 0 Å². The van der Waals surface area contributed by atoms with Crippen LogP contribution in [0.1, 0.15) is 22.8 Å². The van der Waals surface area contributed by atoms with Crippen LogP contribution < -0.4 is 5.32 Å². The summed E-state index contributed by atoms with van der Waals surface area (Å²) in [5.74, 6) is 0.314. The number of carbonyl (C=O) groups is 1. The molecular weight excluding hydrogens is 398 g/mol. The highest BCUT2D eigenvalue weighted by Gasteiger charge is 2.31. The normalized spacial score (nSPS) is 18.1. The lowest BCUT2D eigenvalue weighted by Crippen LogP contribution is -2.19. The van der Waals surface area contributed by atoms with Crippen LogP contribution in [-0.4, -0.2) is 35.6 Å². The summed E-state index contributed by atoms with van der Waals surface area (Å²) >= 11 is 5.88. The third kappa shape index (κ3) is 3.95. The van der Waals surface area contributed by atoms with Crippen molar-refractivity contribution >= 4 is 33.2 Å². The third-order valence-electron chi connectivity index (χ3n) is 4.71. The first-order chi connectivity index (χ1) is 13.4. The molecule has 1 aromatic heterocycles. The number of hydrogen-bond acceptors (Lipinski definition) is 4. The molecule has 6 nitrogen and oxygen atoms in total. The van der Waals surface area contributed by atoms with Gasteiger partial charge in [-0.1, -0.05) is 41.9 Å². The Kier molecular flexibility index (Phi) is 4.95. The van der Waals surface area contributed by atoms with Crippen LogP contribution in [0, 0.1) is 0 Å². The van der Waals surface area contributed by atoms with E-state index in [0.29, 0.717) is 28.5 Å². The molecule has 1 fully saturated rings. The molecule has 28 heavy (non-hydrogen) atoms. The number of hydrogen-bond donors (Lipinski definition) is 1. The van der Waals surface area contributed by atoms with Crippen molar-refractivity contribution in [2.75, 3.05) is 16.8 Å². The van der Waals surface area contributed by atoms with E-state index < -0.39 is 9.84 Å². The van der Waals surface area contributed by atoms with E-state index in [-0.39, 0.29) is 23.5 Å². The highest BCUT2D eigenvalue weighted by Crippen LogP contribution is 2.30. The molecule has 0 aliphatic carbocycles. The molecule has 2 aromatic carbocycles. The first-order valence-corrected chi connectivity index (χ1v) is 11.0. The number of benzene rings is 2. The van der Waals surface area contributed by atoms with E-state index in [1.165, 1.54) is 0 Å². The summed E-state index contributed by atoms with van der Waals surface area (Å²) in [7, 11) is -3.09. The predicted octanol–water partition coefficient (Wildman–Crippen LogP) is 3.82. The number of nitrogens with one attached hydrogen (secondary N) is 1. The van der Waals surface area contributed by atoms with Gasteiger partial charge in [0.15, 0.2) is 9.84 Å². The Bertz CT molecular complexity index is 1110. The van der Waals surface area contributed by atoms with Crippen molar-refractivity contribution < 1.29 is 13.2 Å². The Morgan fingerprint density at radius 2 is 1.82 bits per heavy atom. The summed E-state index contributed by atoms with van der Waals surface area (Å²) in [5, 5.41) is 8.02. The first-order valence-electron chi connectivity index (χ1n) is 8.84. The number of halogens is 1. The van der Waals surface area contributed by atoms with Gasteiger partial charge in [0.1, 0.15) is 5.82 Å². The van der Waals surface area contributed by atoms with Crippen LogP contribution in [-0.2, 0) is 9.84 Å². The summed E-state index contributed by atoms with van der Waals surface area (Å²) in [4.78, 5) is 12.7. The second kappa shape index (κ2) is 7.41. The quantitative estimate of drug-likeness (QED) is 0.702. The van der Waals surface area contributed by atoms with Gasteiger partial charge in [0, 0.05) is 22.2 Å². The van der Waals surface area contributed by atoms with Crippen molar-refractivity contribution in [3.05, 3.63) is 71.2 Å². The van der Waals surface area contributed by atoms with Gasteiger partial charge < -0.3 is 5.32 Å². The van der Waals surface area contributed by atoms with E-state index in [1.807, 2.05) is 30.3 Å². The van der Waals surface area contributed by atoms with Crippen LogP contribution in [0.5, 0.6) is 0 Å². The van der Waals surface area contributed by atoms with Crippen molar-refractivity contribution in [3.63, 3.8) is 0 Å². The van der Waals surface area contributed by atoms with Crippen LogP contribution in [0.2, 0.25) is 5.02 Å². The van der Waals surface area contributed by atoms with Gasteiger partial charge in [0.25, 0.3) is 5.91 Å². The zero-order valence-corrected chi connectivity index (χ0v) is 16.4. The Labute approximate surface area is 168 Å². The standard InChI is InChI=1S/C20H18ClN3O3S/c21-16-8-6-15(7-9-16)20(25)22-19-12-18(14-4-2-1-3-5-14)23-24(19)17-10-11-28(26,27)13-17/h1-9,12,17H,10-11,13H2,(H,22,25). The molecule has 1 unspecified atom stereocenters. The Morgan fingerprint density at radius 1 is 1.11 bits per heavy atom. The number of sulfone groups is 1. The van der Waals surface area contributed by atoms with E-state index in [9.17, 15) is 13.2 Å². The van der Waals surface area contributed by atoms with Gasteiger partial charge in [-0.25, -0.2) is 13.1 Å². The van der Waals surface area contributed by atoms with Crippen molar-refractivity contribution in [3.8, 4) is 11.3 Å². The van der Waals surface area contributed by atoms with Crippen molar-refractivity contribution in [1.29, 1.82) is 0 Å². The maximum absolute atomic E-state index is 12.7. The summed E-state index contributed by atoms with van der Waals surface area (Å²) in [6.45, 7) is 0. The lowest BCUT2D eigenvalue weighted by molar-refractivity contribution is 0.102. The number of carbonyl (C=O) groups excluding carboxylic acids is 1. The highest BCUT2D eigenvalue weighted by atomic mass is 35.5. The fourth-order valence-electron chi connectivity index (χ4n) is 3.27. The fraction of sp³-hybridized carbons (Fsp3) is 0.200. The SMILES string of the molecule is O=C(Nc1cc(-c2ccccc2)nn1C1CCS(=O)(=O)C1)c1ccc(Cl)cc1. The van der Waals surface area contributed by atoms with Gasteiger partial charge >= 0.3 is 0 Å². The molecule has 8 heteroatoms. The lowest BCUT2D eigenvalue weighted by atomic mass is 10.1. The van der Waals surface area contributed by atoms with E-state index >= 15 is 0 Å². The molecule has 144 valence electrons. The average molecular weight is 416 g/mol. The van der Waals surface area contributed by atoms with Gasteiger partial charge in [-0.15, -0.1) is 0 Å². The van der Waals surface area contributed by atoms with Gasteiger partial charge in [-0.2, -0.15) is 5.10 Å². The van der Waals surface area contributed by atoms with E-state index in [4.69, 9.17) is 11.6 Å². The number of nitrogens with zero attached hydrogens (tertiary/aromatic N) is 2. The van der Waals surface area contributed by atoms with Crippen LogP contribution >= 0.6 is 11.6 Å². The zero-order valence-electron chi connectivity index (χ0n) is 14.9. The minimum Gasteiger partial charge on any atom is -0.307 e. The Hall–Kier alpha value is -2.64. The minimum atomic E-state index is -3.09. The van der Waals surface area contributed by atoms with E-state index in [2.05, 4.69) is 10.4 Å². The van der Waals surface area contributed by atoms with Crippen molar-refractivity contribution in [2.45, 2.75) is 12.5 Å². The molecule has 1 atom stereocenters. The third-order valence-corrected chi connectivity index (χ3v) is 6.71. The predicted molar refractivity (Wildman–Crippen MR) is 109 cm³/mol. The van der Waals surface area contributed by atoms with Crippen LogP contribution in [0.3, 0.4) is 0 Å². The Balaban J connectivity index is 1.69. The highest BCUT2D eigenvalue weighted by molar-refractivity contribution is 7.91. The summed E-state index contributed by atoms with van der Waals surface area (Å²) in [6.07, 6.45) is 0.474. The van der Waals surface area contributed by atoms with Gasteiger partial charge in [0.05, 0.1) is 23.2 Å². The molecule has 1 amide bonds. The minimum absolute atomic E-state index is 0.0206. The largest absolute Gasteiger partial charge is 0.307 e. The van der Waals surface area contributed by atoms with E-state index in [0.717, 1.165) is 5.56 Å². The van der Waals surface area contributed by atoms with Crippen LogP contribution in [0.15, 0.2) is 60.7 Å². The monoisotopic (exact) mass is 415 g/mol. The summed E-state index contributed by atoms with van der Waals surface area (Å²) in [6, 6.07) is 17.6. The Morgan fingerprint density at radius 3 is 2.46 bits per heavy atom. The molecule has 1 aliphatic rings. The molecule has 1 N–H and O–H groups in total. The van der Waals surface area contributed by atoms with Crippen LogP contribution in [0.25, 0.3) is 11.3 Å². The first kappa shape index (κ1) is 18.7.